The lowest BCUT2D eigenvalue weighted by molar-refractivity contribution is 0.205. The number of rotatable bonds is 5. The van der Waals surface area contributed by atoms with Crippen molar-refractivity contribution in [3.63, 3.8) is 0 Å². The Morgan fingerprint density at radius 1 is 1.19 bits per heavy atom. The Morgan fingerprint density at radius 2 is 1.92 bits per heavy atom. The number of benzene rings is 2. The highest BCUT2D eigenvalue weighted by Gasteiger charge is 2.30. The molecule has 26 heavy (non-hydrogen) atoms. The first-order chi connectivity index (χ1) is 12.1. The molecular formula is C18H19NO5S2. The number of sulfonamides is 1. The van der Waals surface area contributed by atoms with E-state index in [-0.39, 0.29) is 16.8 Å². The third-order valence-corrected chi connectivity index (χ3v) is 6.01. The van der Waals surface area contributed by atoms with Crippen LogP contribution in [0.5, 0.6) is 5.75 Å². The van der Waals surface area contributed by atoms with Crippen LogP contribution in [0.1, 0.15) is 23.7 Å². The minimum atomic E-state index is -3.68. The van der Waals surface area contributed by atoms with E-state index in [1.165, 1.54) is 6.07 Å². The molecule has 3 rings (SSSR count). The number of hydrogen-bond acceptors (Lipinski definition) is 5. The van der Waals surface area contributed by atoms with Crippen molar-refractivity contribution in [2.24, 2.45) is 5.14 Å². The van der Waals surface area contributed by atoms with Gasteiger partial charge in [0.05, 0.1) is 10.6 Å². The molecule has 0 radical (unpaired) electrons. The monoisotopic (exact) mass is 393 g/mol. The molecule has 6 nitrogen and oxygen atoms in total. The van der Waals surface area contributed by atoms with Crippen molar-refractivity contribution in [2.75, 3.05) is 6.26 Å². The molecule has 0 amide bonds. The molecule has 8 heteroatoms. The first-order valence-electron chi connectivity index (χ1n) is 7.84. The van der Waals surface area contributed by atoms with E-state index in [0.717, 1.165) is 11.8 Å². The summed E-state index contributed by atoms with van der Waals surface area (Å²) in [5, 5.41) is 5.14. The van der Waals surface area contributed by atoms with Gasteiger partial charge < -0.3 is 4.74 Å². The predicted octanol–water partition coefficient (Wildman–Crippen LogP) is 2.56. The minimum absolute atomic E-state index is 0.174. The molecule has 0 saturated carbocycles. The molecular weight excluding hydrogens is 374 g/mol. The average Bonchev–Trinajstić information content (AvgIpc) is 2.52. The van der Waals surface area contributed by atoms with Crippen LogP contribution in [0.25, 0.3) is 11.1 Å². The van der Waals surface area contributed by atoms with Gasteiger partial charge in [-0.1, -0.05) is 30.3 Å². The Morgan fingerprint density at radius 3 is 2.54 bits per heavy atom. The van der Waals surface area contributed by atoms with Gasteiger partial charge >= 0.3 is 0 Å². The van der Waals surface area contributed by atoms with E-state index in [1.807, 2.05) is 0 Å². The summed E-state index contributed by atoms with van der Waals surface area (Å²) in [5.74, 6) is 0.174. The summed E-state index contributed by atoms with van der Waals surface area (Å²) in [6, 6.07) is 9.97. The van der Waals surface area contributed by atoms with Crippen molar-refractivity contribution in [1.82, 2.24) is 0 Å². The molecule has 0 fully saturated rings. The Balaban J connectivity index is 2.25. The van der Waals surface area contributed by atoms with Crippen molar-refractivity contribution in [2.45, 2.75) is 23.2 Å². The van der Waals surface area contributed by atoms with Gasteiger partial charge in [-0.2, -0.15) is 0 Å². The number of primary sulfonamides is 1. The summed E-state index contributed by atoms with van der Waals surface area (Å²) in [6.07, 6.45) is 2.96. The Labute approximate surface area is 153 Å². The summed E-state index contributed by atoms with van der Waals surface area (Å²) in [5.41, 5.74) is 2.43. The molecule has 138 valence electrons. The van der Waals surface area contributed by atoms with Crippen LogP contribution in [0.2, 0.25) is 0 Å². The Bertz CT molecular complexity index is 1090. The quantitative estimate of drug-likeness (QED) is 0.786. The second-order valence-corrected chi connectivity index (χ2v) is 9.86. The van der Waals surface area contributed by atoms with Crippen LogP contribution >= 0.6 is 0 Å². The average molecular weight is 393 g/mol. The lowest BCUT2D eigenvalue weighted by Gasteiger charge is -2.30. The highest BCUT2D eigenvalue weighted by atomic mass is 32.2. The van der Waals surface area contributed by atoms with Gasteiger partial charge in [-0.15, -0.1) is 6.58 Å². The molecule has 1 atom stereocenters. The molecule has 0 aliphatic carbocycles. The molecule has 0 aromatic heterocycles. The predicted molar refractivity (Wildman–Crippen MR) is 100.0 cm³/mol. The molecule has 2 N–H and O–H groups in total. The van der Waals surface area contributed by atoms with E-state index >= 15 is 0 Å². The van der Waals surface area contributed by atoms with E-state index in [1.54, 1.807) is 36.4 Å². The lowest BCUT2D eigenvalue weighted by Crippen LogP contribution is -2.18. The second kappa shape index (κ2) is 6.53. The number of fused-ring (bicyclic) bond motifs is 3. The molecule has 0 saturated heterocycles. The fraction of sp³-hybridized carbons (Fsp3) is 0.222. The summed E-state index contributed by atoms with van der Waals surface area (Å²) in [4.78, 5) is 0.174. The van der Waals surface area contributed by atoms with Gasteiger partial charge in [0.15, 0.2) is 9.84 Å². The number of ether oxygens (including phenoxy) is 1. The molecule has 1 aliphatic heterocycles. The first-order valence-corrected chi connectivity index (χ1v) is 11.4. The zero-order chi connectivity index (χ0) is 19.1. The summed E-state index contributed by atoms with van der Waals surface area (Å²) in [6.45, 7) is 3.73. The maximum Gasteiger partial charge on any atom is 0.213 e. The van der Waals surface area contributed by atoms with Crippen LogP contribution in [0, 0.1) is 0 Å². The van der Waals surface area contributed by atoms with Crippen LogP contribution < -0.4 is 9.88 Å². The zero-order valence-corrected chi connectivity index (χ0v) is 15.8. The SMILES string of the molecule is C=CCC1Oc2cccc(S(C)(=O)=O)c2-c2ccc(CS(N)(=O)=O)cc21. The third kappa shape index (κ3) is 3.67. The number of nitrogens with two attached hydrogens (primary N) is 1. The number of hydrogen-bond donors (Lipinski definition) is 1. The highest BCUT2D eigenvalue weighted by Crippen LogP contribution is 2.46. The minimum Gasteiger partial charge on any atom is -0.485 e. The maximum atomic E-state index is 12.2. The molecule has 2 aromatic rings. The van der Waals surface area contributed by atoms with E-state index in [0.29, 0.717) is 28.9 Å². The maximum absolute atomic E-state index is 12.2. The van der Waals surface area contributed by atoms with E-state index in [2.05, 4.69) is 6.58 Å². The first kappa shape index (κ1) is 18.6. The van der Waals surface area contributed by atoms with Crippen molar-refractivity contribution >= 4 is 19.9 Å². The van der Waals surface area contributed by atoms with Crippen LogP contribution in [0.15, 0.2) is 53.9 Å². The molecule has 1 unspecified atom stereocenters. The Hall–Kier alpha value is -2.16. The van der Waals surface area contributed by atoms with Gasteiger partial charge in [0.2, 0.25) is 10.0 Å². The van der Waals surface area contributed by atoms with Crippen molar-refractivity contribution in [1.29, 1.82) is 0 Å². The van der Waals surface area contributed by atoms with Gasteiger partial charge in [-0.3, -0.25) is 0 Å². The van der Waals surface area contributed by atoms with Gasteiger partial charge in [0, 0.05) is 23.8 Å². The van der Waals surface area contributed by atoms with E-state index < -0.39 is 19.9 Å². The normalized spacial score (nSPS) is 16.3. The van der Waals surface area contributed by atoms with Gasteiger partial charge in [-0.05, 0) is 23.3 Å². The van der Waals surface area contributed by atoms with E-state index in [4.69, 9.17) is 9.88 Å². The van der Waals surface area contributed by atoms with Gasteiger partial charge in [0.1, 0.15) is 11.9 Å². The largest absolute Gasteiger partial charge is 0.485 e. The van der Waals surface area contributed by atoms with Gasteiger partial charge in [-0.25, -0.2) is 22.0 Å². The molecule has 1 aliphatic rings. The second-order valence-electron chi connectivity index (χ2n) is 6.26. The molecule has 0 spiro atoms. The smallest absolute Gasteiger partial charge is 0.213 e. The summed E-state index contributed by atoms with van der Waals surface area (Å²) in [7, 11) is -7.15. The van der Waals surface area contributed by atoms with Crippen LogP contribution in [0.4, 0.5) is 0 Å². The molecule has 0 bridgehead atoms. The van der Waals surface area contributed by atoms with Crippen molar-refractivity contribution < 1.29 is 21.6 Å². The van der Waals surface area contributed by atoms with Gasteiger partial charge in [0.25, 0.3) is 0 Å². The summed E-state index contributed by atoms with van der Waals surface area (Å²) < 4.78 is 53.2. The van der Waals surface area contributed by atoms with Crippen molar-refractivity contribution in [3.8, 4) is 16.9 Å². The number of sulfone groups is 1. The molecule has 1 heterocycles. The molecule has 2 aromatic carbocycles. The van der Waals surface area contributed by atoms with Crippen LogP contribution in [-0.2, 0) is 25.6 Å². The fourth-order valence-electron chi connectivity index (χ4n) is 3.16. The van der Waals surface area contributed by atoms with Crippen molar-refractivity contribution in [3.05, 3.63) is 60.2 Å². The van der Waals surface area contributed by atoms with Crippen LogP contribution in [0.3, 0.4) is 0 Å². The zero-order valence-electron chi connectivity index (χ0n) is 14.2. The topological polar surface area (TPSA) is 104 Å². The Kier molecular flexibility index (Phi) is 4.68. The fourth-order valence-corrected chi connectivity index (χ4v) is 4.71. The van der Waals surface area contributed by atoms with Crippen LogP contribution in [-0.4, -0.2) is 23.1 Å². The third-order valence-electron chi connectivity index (χ3n) is 4.14. The lowest BCUT2D eigenvalue weighted by atomic mass is 9.90. The highest BCUT2D eigenvalue weighted by molar-refractivity contribution is 7.90. The standard InChI is InChI=1S/C18H19NO5S2/c1-3-5-15-14-10-12(11-26(19,22)23)8-9-13(14)18-16(24-15)6-4-7-17(18)25(2,20)21/h3-4,6-10,15H,1,5,11H2,2H3,(H2,19,22,23). The summed E-state index contributed by atoms with van der Waals surface area (Å²) >= 11 is 0. The van der Waals surface area contributed by atoms with E-state index in [9.17, 15) is 16.8 Å².